The van der Waals surface area contributed by atoms with Crippen molar-refractivity contribution < 1.29 is 9.53 Å². The van der Waals surface area contributed by atoms with E-state index in [1.165, 1.54) is 0 Å². The van der Waals surface area contributed by atoms with Crippen LogP contribution in [0.4, 0.5) is 0 Å². The minimum Gasteiger partial charge on any atom is -0.462 e. The summed E-state index contributed by atoms with van der Waals surface area (Å²) in [5.41, 5.74) is 1.35. The predicted molar refractivity (Wildman–Crippen MR) is 74.6 cm³/mol. The average Bonchev–Trinajstić information content (AvgIpc) is 2.35. The predicted octanol–water partition coefficient (Wildman–Crippen LogP) is 3.81. The van der Waals surface area contributed by atoms with Crippen molar-refractivity contribution in [2.24, 2.45) is 5.92 Å². The Bertz CT molecular complexity index is 581. The molecule has 4 heteroatoms. The van der Waals surface area contributed by atoms with E-state index < -0.39 is 0 Å². The number of carbonyl (C=O) groups excluding carboxylic acids is 1. The van der Waals surface area contributed by atoms with Gasteiger partial charge in [-0.15, -0.1) is 0 Å². The summed E-state index contributed by atoms with van der Waals surface area (Å²) in [6.07, 6.45) is 1.63. The number of benzene rings is 1. The van der Waals surface area contributed by atoms with Crippen molar-refractivity contribution in [1.29, 1.82) is 0 Å². The minimum atomic E-state index is -0.297. The molecule has 0 spiro atoms. The lowest BCUT2D eigenvalue weighted by molar-refractivity contribution is 0.0461. The molecule has 0 N–H and O–H groups in total. The van der Waals surface area contributed by atoms with Crippen molar-refractivity contribution in [3.05, 3.63) is 40.5 Å². The van der Waals surface area contributed by atoms with Gasteiger partial charge in [-0.1, -0.05) is 29.8 Å². The Morgan fingerprint density at radius 3 is 2.89 bits per heavy atom. The Balaban J connectivity index is 2.38. The van der Waals surface area contributed by atoms with E-state index in [9.17, 15) is 4.79 Å². The van der Waals surface area contributed by atoms with Crippen LogP contribution in [-0.2, 0) is 4.74 Å². The summed E-state index contributed by atoms with van der Waals surface area (Å²) in [4.78, 5) is 16.2. The molecule has 18 heavy (non-hydrogen) atoms. The van der Waals surface area contributed by atoms with E-state index in [1.807, 2.05) is 32.0 Å². The van der Waals surface area contributed by atoms with Gasteiger partial charge < -0.3 is 4.74 Å². The zero-order chi connectivity index (χ0) is 13.1. The molecule has 1 aromatic heterocycles. The van der Waals surface area contributed by atoms with Crippen molar-refractivity contribution in [1.82, 2.24) is 4.98 Å². The van der Waals surface area contributed by atoms with Gasteiger partial charge in [0.05, 0.1) is 17.7 Å². The van der Waals surface area contributed by atoms with Crippen LogP contribution < -0.4 is 0 Å². The first-order chi connectivity index (χ1) is 8.58. The maximum absolute atomic E-state index is 12.0. The number of hydrogen-bond acceptors (Lipinski definition) is 3. The SMILES string of the molecule is CC(C)COC(=O)c1ccnc2ccc(Br)cc12. The van der Waals surface area contributed by atoms with Gasteiger partial charge in [0.15, 0.2) is 0 Å². The summed E-state index contributed by atoms with van der Waals surface area (Å²) >= 11 is 3.40. The lowest BCUT2D eigenvalue weighted by Crippen LogP contribution is -2.10. The van der Waals surface area contributed by atoms with Crippen LogP contribution in [0.25, 0.3) is 10.9 Å². The van der Waals surface area contributed by atoms with Crippen LogP contribution in [0.3, 0.4) is 0 Å². The fraction of sp³-hybridized carbons (Fsp3) is 0.286. The normalized spacial score (nSPS) is 10.9. The Labute approximate surface area is 114 Å². The first-order valence-corrected chi connectivity index (χ1v) is 6.58. The molecule has 0 unspecified atom stereocenters. The molecule has 0 saturated heterocycles. The van der Waals surface area contributed by atoms with Gasteiger partial charge in [-0.2, -0.15) is 0 Å². The summed E-state index contributed by atoms with van der Waals surface area (Å²) in [6.45, 7) is 4.44. The van der Waals surface area contributed by atoms with E-state index in [4.69, 9.17) is 4.74 Å². The summed E-state index contributed by atoms with van der Waals surface area (Å²) in [6, 6.07) is 7.35. The minimum absolute atomic E-state index is 0.297. The fourth-order valence-corrected chi connectivity index (χ4v) is 1.98. The summed E-state index contributed by atoms with van der Waals surface area (Å²) in [5, 5.41) is 0.806. The number of aromatic nitrogens is 1. The maximum Gasteiger partial charge on any atom is 0.338 e. The third-order valence-electron chi connectivity index (χ3n) is 2.47. The van der Waals surface area contributed by atoms with Crippen molar-refractivity contribution in [2.75, 3.05) is 6.61 Å². The van der Waals surface area contributed by atoms with E-state index in [0.29, 0.717) is 18.1 Å². The number of rotatable bonds is 3. The van der Waals surface area contributed by atoms with E-state index >= 15 is 0 Å². The second-order valence-electron chi connectivity index (χ2n) is 4.51. The molecule has 0 atom stereocenters. The molecule has 0 aliphatic carbocycles. The van der Waals surface area contributed by atoms with Crippen molar-refractivity contribution in [3.63, 3.8) is 0 Å². The summed E-state index contributed by atoms with van der Waals surface area (Å²) in [7, 11) is 0. The molecule has 1 heterocycles. The molecule has 0 bridgehead atoms. The number of halogens is 1. The van der Waals surface area contributed by atoms with Gasteiger partial charge in [0.25, 0.3) is 0 Å². The second kappa shape index (κ2) is 5.48. The molecule has 0 saturated carbocycles. The third kappa shape index (κ3) is 2.88. The Morgan fingerprint density at radius 2 is 2.17 bits per heavy atom. The van der Waals surface area contributed by atoms with Crippen molar-refractivity contribution >= 4 is 32.8 Å². The van der Waals surface area contributed by atoms with Gasteiger partial charge in [0.1, 0.15) is 0 Å². The van der Waals surface area contributed by atoms with Crippen LogP contribution in [0, 0.1) is 5.92 Å². The smallest absolute Gasteiger partial charge is 0.338 e. The fourth-order valence-electron chi connectivity index (χ4n) is 1.62. The summed E-state index contributed by atoms with van der Waals surface area (Å²) in [5.74, 6) is 0.0305. The van der Waals surface area contributed by atoms with Crippen LogP contribution in [-0.4, -0.2) is 17.6 Å². The van der Waals surface area contributed by atoms with Gasteiger partial charge in [-0.05, 0) is 30.2 Å². The van der Waals surface area contributed by atoms with Gasteiger partial charge in [0, 0.05) is 16.1 Å². The van der Waals surface area contributed by atoms with Crippen LogP contribution in [0.1, 0.15) is 24.2 Å². The number of ether oxygens (including phenoxy) is 1. The summed E-state index contributed by atoms with van der Waals surface area (Å²) < 4.78 is 6.17. The van der Waals surface area contributed by atoms with Crippen LogP contribution >= 0.6 is 15.9 Å². The number of fused-ring (bicyclic) bond motifs is 1. The van der Waals surface area contributed by atoms with Crippen molar-refractivity contribution in [3.8, 4) is 0 Å². The van der Waals surface area contributed by atoms with Gasteiger partial charge in [0.2, 0.25) is 0 Å². The number of hydrogen-bond donors (Lipinski definition) is 0. The Kier molecular flexibility index (Phi) is 3.97. The first kappa shape index (κ1) is 13.0. The van der Waals surface area contributed by atoms with Crippen LogP contribution in [0.2, 0.25) is 0 Å². The highest BCUT2D eigenvalue weighted by molar-refractivity contribution is 9.10. The van der Waals surface area contributed by atoms with Gasteiger partial charge >= 0.3 is 5.97 Å². The van der Waals surface area contributed by atoms with E-state index in [1.54, 1.807) is 12.3 Å². The first-order valence-electron chi connectivity index (χ1n) is 5.79. The number of carbonyl (C=O) groups is 1. The highest BCUT2D eigenvalue weighted by atomic mass is 79.9. The molecule has 1 aromatic carbocycles. The lowest BCUT2D eigenvalue weighted by atomic mass is 10.1. The monoisotopic (exact) mass is 307 g/mol. The van der Waals surface area contributed by atoms with Crippen LogP contribution in [0.15, 0.2) is 34.9 Å². The molecule has 3 nitrogen and oxygen atoms in total. The zero-order valence-corrected chi connectivity index (χ0v) is 11.9. The van der Waals surface area contributed by atoms with Crippen molar-refractivity contribution in [2.45, 2.75) is 13.8 Å². The molecular formula is C14H14BrNO2. The number of nitrogens with zero attached hydrogens (tertiary/aromatic N) is 1. The third-order valence-corrected chi connectivity index (χ3v) is 2.96. The highest BCUT2D eigenvalue weighted by Crippen LogP contribution is 2.22. The molecular weight excluding hydrogens is 294 g/mol. The zero-order valence-electron chi connectivity index (χ0n) is 10.3. The molecule has 2 aromatic rings. The molecule has 0 fully saturated rings. The van der Waals surface area contributed by atoms with E-state index in [2.05, 4.69) is 20.9 Å². The highest BCUT2D eigenvalue weighted by Gasteiger charge is 2.12. The maximum atomic E-state index is 12.0. The Morgan fingerprint density at radius 1 is 1.39 bits per heavy atom. The van der Waals surface area contributed by atoms with Gasteiger partial charge in [-0.25, -0.2) is 4.79 Å². The van der Waals surface area contributed by atoms with Crippen LogP contribution in [0.5, 0.6) is 0 Å². The molecule has 2 rings (SSSR count). The molecule has 0 radical (unpaired) electrons. The second-order valence-corrected chi connectivity index (χ2v) is 5.43. The Hall–Kier alpha value is -1.42. The molecule has 0 amide bonds. The molecule has 0 aliphatic rings. The quantitative estimate of drug-likeness (QED) is 0.809. The number of esters is 1. The molecule has 0 aliphatic heterocycles. The largest absolute Gasteiger partial charge is 0.462 e. The van der Waals surface area contributed by atoms with E-state index in [-0.39, 0.29) is 5.97 Å². The topological polar surface area (TPSA) is 39.2 Å². The standard InChI is InChI=1S/C14H14BrNO2/c1-9(2)8-18-14(17)11-5-6-16-13-4-3-10(15)7-12(11)13/h3-7,9H,8H2,1-2H3. The average molecular weight is 308 g/mol. The number of pyridine rings is 1. The van der Waals surface area contributed by atoms with E-state index in [0.717, 1.165) is 15.4 Å². The van der Waals surface area contributed by atoms with Gasteiger partial charge in [-0.3, -0.25) is 4.98 Å². The molecule has 94 valence electrons. The lowest BCUT2D eigenvalue weighted by Gasteiger charge is -2.09.